The van der Waals surface area contributed by atoms with Gasteiger partial charge in [0.2, 0.25) is 5.88 Å². The predicted molar refractivity (Wildman–Crippen MR) is 169 cm³/mol. The lowest BCUT2D eigenvalue weighted by Crippen LogP contribution is -2.40. The van der Waals surface area contributed by atoms with Gasteiger partial charge in [-0.1, -0.05) is 18.2 Å². The lowest BCUT2D eigenvalue weighted by atomic mass is 9.98. The topological polar surface area (TPSA) is 103 Å². The summed E-state index contributed by atoms with van der Waals surface area (Å²) in [4.78, 5) is 24.1. The van der Waals surface area contributed by atoms with Crippen LogP contribution in [0.5, 0.6) is 5.88 Å². The number of rotatable bonds is 7. The maximum absolute atomic E-state index is 14.2. The third kappa shape index (κ3) is 6.01. The molecule has 0 aliphatic carbocycles. The molecular formula is C33H29F2N5O3S. The van der Waals surface area contributed by atoms with Gasteiger partial charge in [0.05, 0.1) is 30.7 Å². The largest absolute Gasteiger partial charge is 0.479 e. The second-order valence-electron chi connectivity index (χ2n) is 10.3. The summed E-state index contributed by atoms with van der Waals surface area (Å²) in [6.45, 7) is 4.13. The highest BCUT2D eigenvalue weighted by Gasteiger charge is 2.19. The van der Waals surface area contributed by atoms with Crippen molar-refractivity contribution in [2.24, 2.45) is 0 Å². The summed E-state index contributed by atoms with van der Waals surface area (Å²) in [5.74, 6) is -0.606. The van der Waals surface area contributed by atoms with Crippen molar-refractivity contribution in [2.75, 3.05) is 43.9 Å². The van der Waals surface area contributed by atoms with Crippen LogP contribution < -0.4 is 15.2 Å². The fraction of sp³-hybridized carbons (Fsp3) is 0.182. The van der Waals surface area contributed by atoms with Gasteiger partial charge < -0.3 is 24.8 Å². The van der Waals surface area contributed by atoms with Gasteiger partial charge in [-0.25, -0.2) is 18.7 Å². The first-order valence-electron chi connectivity index (χ1n) is 13.9. The van der Waals surface area contributed by atoms with Crippen molar-refractivity contribution in [3.8, 4) is 28.1 Å². The van der Waals surface area contributed by atoms with E-state index in [0.717, 1.165) is 56.9 Å². The number of morpholine rings is 1. The molecule has 1 amide bonds. The van der Waals surface area contributed by atoms with E-state index in [1.54, 1.807) is 4.90 Å². The number of amides is 1. The Kier molecular flexibility index (Phi) is 8.32. The number of nitrogens with one attached hydrogen (secondary N) is 1. The monoisotopic (exact) mass is 613 g/mol. The number of nitrogen functional groups attached to an aromatic ring is 1. The Hall–Kier alpha value is -4.74. The van der Waals surface area contributed by atoms with Crippen molar-refractivity contribution in [3.05, 3.63) is 95.7 Å². The standard InChI is InChI=1S/C33H29F2N5O3S/c1-19-25(18-29(32(37-19)42-2)39-44-30-10-8-24(34)17-27(30)35)22-7-9-28-23(15-22)16-26(31(36)38-28)20-3-5-21(6-4-20)33(41)40-11-13-43-14-12-40/h3-10,15-18,39H,11-14H2,1-2H3,(H2,36,38). The first-order chi connectivity index (χ1) is 21.3. The lowest BCUT2D eigenvalue weighted by Gasteiger charge is -2.26. The van der Waals surface area contributed by atoms with E-state index in [0.29, 0.717) is 49.3 Å². The van der Waals surface area contributed by atoms with Crippen LogP contribution in [0.25, 0.3) is 33.2 Å². The number of carbonyl (C=O) groups is 1. The summed E-state index contributed by atoms with van der Waals surface area (Å²) in [5, 5.41) is 0.868. The van der Waals surface area contributed by atoms with E-state index in [4.69, 9.17) is 15.2 Å². The molecule has 11 heteroatoms. The number of anilines is 2. The quantitative estimate of drug-likeness (QED) is 0.195. The Morgan fingerprint density at radius 3 is 2.43 bits per heavy atom. The number of carbonyl (C=O) groups excluding carboxylic acids is 1. The molecule has 0 spiro atoms. The molecule has 1 saturated heterocycles. The lowest BCUT2D eigenvalue weighted by molar-refractivity contribution is 0.0303. The number of nitrogens with zero attached hydrogens (tertiary/aromatic N) is 3. The number of fused-ring (bicyclic) bond motifs is 1. The molecule has 3 N–H and O–H groups in total. The number of hydrogen-bond donors (Lipinski definition) is 2. The summed E-state index contributed by atoms with van der Waals surface area (Å²) in [6.07, 6.45) is 0. The Bertz CT molecular complexity index is 1860. The number of hydrogen-bond acceptors (Lipinski definition) is 8. The summed E-state index contributed by atoms with van der Waals surface area (Å²) in [6, 6.07) is 20.5. The zero-order valence-electron chi connectivity index (χ0n) is 24.1. The zero-order valence-corrected chi connectivity index (χ0v) is 24.9. The van der Waals surface area contributed by atoms with Crippen LogP contribution in [0.2, 0.25) is 0 Å². The van der Waals surface area contributed by atoms with Crippen molar-refractivity contribution in [1.82, 2.24) is 14.9 Å². The number of ether oxygens (including phenoxy) is 2. The van der Waals surface area contributed by atoms with E-state index < -0.39 is 11.6 Å². The summed E-state index contributed by atoms with van der Waals surface area (Å²) in [5.41, 5.74) is 12.3. The summed E-state index contributed by atoms with van der Waals surface area (Å²) >= 11 is 0.998. The molecule has 1 fully saturated rings. The number of nitrogens with two attached hydrogens (primary N) is 1. The molecule has 2 aromatic heterocycles. The van der Waals surface area contributed by atoms with Crippen molar-refractivity contribution >= 4 is 40.3 Å². The molecular weight excluding hydrogens is 584 g/mol. The van der Waals surface area contributed by atoms with Gasteiger partial charge in [-0.3, -0.25) is 4.79 Å². The van der Waals surface area contributed by atoms with E-state index in [-0.39, 0.29) is 10.8 Å². The molecule has 8 nitrogen and oxygen atoms in total. The molecule has 44 heavy (non-hydrogen) atoms. The molecule has 0 atom stereocenters. The molecule has 0 unspecified atom stereocenters. The Morgan fingerprint density at radius 1 is 0.955 bits per heavy atom. The number of pyridine rings is 2. The maximum Gasteiger partial charge on any atom is 0.254 e. The van der Waals surface area contributed by atoms with Gasteiger partial charge in [0, 0.05) is 46.9 Å². The van der Waals surface area contributed by atoms with Gasteiger partial charge in [-0.2, -0.15) is 0 Å². The smallest absolute Gasteiger partial charge is 0.254 e. The number of aryl methyl sites for hydroxylation is 1. The Morgan fingerprint density at radius 2 is 1.70 bits per heavy atom. The van der Waals surface area contributed by atoms with Crippen LogP contribution in [-0.2, 0) is 4.74 Å². The average Bonchev–Trinajstić information content (AvgIpc) is 3.04. The third-order valence-corrected chi connectivity index (χ3v) is 8.31. The number of benzene rings is 3. The van der Waals surface area contributed by atoms with Crippen LogP contribution in [0.3, 0.4) is 0 Å². The minimum atomic E-state index is -0.669. The molecule has 3 aromatic carbocycles. The minimum Gasteiger partial charge on any atom is -0.479 e. The Labute approximate surface area is 257 Å². The van der Waals surface area contributed by atoms with Crippen LogP contribution in [0, 0.1) is 18.6 Å². The summed E-state index contributed by atoms with van der Waals surface area (Å²) in [7, 11) is 1.51. The number of aromatic nitrogens is 2. The van der Waals surface area contributed by atoms with E-state index >= 15 is 0 Å². The fourth-order valence-corrected chi connectivity index (χ4v) is 5.76. The zero-order chi connectivity index (χ0) is 30.8. The van der Waals surface area contributed by atoms with E-state index in [9.17, 15) is 13.6 Å². The van der Waals surface area contributed by atoms with Crippen LogP contribution in [0.1, 0.15) is 16.1 Å². The van der Waals surface area contributed by atoms with Crippen LogP contribution in [0.15, 0.2) is 77.7 Å². The second-order valence-corrected chi connectivity index (χ2v) is 11.1. The van der Waals surface area contributed by atoms with Gasteiger partial charge in [0.25, 0.3) is 5.91 Å². The molecule has 0 radical (unpaired) electrons. The summed E-state index contributed by atoms with van der Waals surface area (Å²) < 4.78 is 41.5. The third-order valence-electron chi connectivity index (χ3n) is 7.43. The molecule has 5 aromatic rings. The second kappa shape index (κ2) is 12.5. The normalized spacial score (nSPS) is 13.2. The molecule has 1 aliphatic rings. The van der Waals surface area contributed by atoms with Gasteiger partial charge in [0.1, 0.15) is 23.1 Å². The SMILES string of the molecule is COc1nc(C)c(-c2ccc3nc(N)c(-c4ccc(C(=O)N5CCOCC5)cc4)cc3c2)cc1NSc1ccc(F)cc1F. The molecule has 224 valence electrons. The van der Waals surface area contributed by atoms with E-state index in [1.807, 2.05) is 61.5 Å². The maximum atomic E-state index is 14.2. The molecule has 6 rings (SSSR count). The highest BCUT2D eigenvalue weighted by atomic mass is 32.2. The van der Waals surface area contributed by atoms with Crippen LogP contribution in [0.4, 0.5) is 20.3 Å². The molecule has 0 bridgehead atoms. The van der Waals surface area contributed by atoms with Crippen molar-refractivity contribution in [3.63, 3.8) is 0 Å². The Balaban J connectivity index is 1.30. The van der Waals surface area contributed by atoms with E-state index in [2.05, 4.69) is 14.7 Å². The molecule has 0 saturated carbocycles. The first kappa shape index (κ1) is 29.3. The van der Waals surface area contributed by atoms with E-state index in [1.165, 1.54) is 19.2 Å². The van der Waals surface area contributed by atoms with Crippen molar-refractivity contribution < 1.29 is 23.0 Å². The highest BCUT2D eigenvalue weighted by molar-refractivity contribution is 8.00. The predicted octanol–water partition coefficient (Wildman–Crippen LogP) is 6.73. The molecule has 3 heterocycles. The van der Waals surface area contributed by atoms with Gasteiger partial charge in [-0.15, -0.1) is 0 Å². The fourth-order valence-electron chi connectivity index (χ4n) is 5.10. The van der Waals surface area contributed by atoms with Crippen LogP contribution in [-0.4, -0.2) is 54.2 Å². The van der Waals surface area contributed by atoms with Gasteiger partial charge in [-0.05, 0) is 78.5 Å². The van der Waals surface area contributed by atoms with Gasteiger partial charge >= 0.3 is 0 Å². The molecule has 1 aliphatic heterocycles. The van der Waals surface area contributed by atoms with Crippen molar-refractivity contribution in [1.29, 1.82) is 0 Å². The average molecular weight is 614 g/mol. The number of halogens is 2. The first-order valence-corrected chi connectivity index (χ1v) is 14.7. The van der Waals surface area contributed by atoms with Crippen molar-refractivity contribution in [2.45, 2.75) is 11.8 Å². The minimum absolute atomic E-state index is 0.0207. The van der Waals surface area contributed by atoms with Gasteiger partial charge in [0.15, 0.2) is 0 Å². The van der Waals surface area contributed by atoms with Crippen LogP contribution >= 0.6 is 11.9 Å². The highest BCUT2D eigenvalue weighted by Crippen LogP contribution is 2.36. The number of methoxy groups -OCH3 is 1.